The van der Waals surface area contributed by atoms with Crippen LogP contribution in [0.3, 0.4) is 0 Å². The topological polar surface area (TPSA) is 38.3 Å². The Morgan fingerprint density at radius 1 is 1.15 bits per heavy atom. The van der Waals surface area contributed by atoms with Crippen molar-refractivity contribution in [3.8, 4) is 0 Å². The van der Waals surface area contributed by atoms with E-state index in [-0.39, 0.29) is 24.2 Å². The Kier molecular flexibility index (Phi) is 3.20. The fraction of sp³-hybridized carbons (Fsp3) is 0.941. The first kappa shape index (κ1) is 14.4. The number of amides is 1. The van der Waals surface area contributed by atoms with E-state index in [9.17, 15) is 4.79 Å². The lowest BCUT2D eigenvalue weighted by molar-refractivity contribution is -0.144. The van der Waals surface area contributed by atoms with Crippen molar-refractivity contribution in [3.05, 3.63) is 0 Å². The zero-order valence-corrected chi connectivity index (χ0v) is 13.4. The van der Waals surface area contributed by atoms with Crippen molar-refractivity contribution in [2.45, 2.75) is 77.9 Å². The Morgan fingerprint density at radius 2 is 1.75 bits per heavy atom. The van der Waals surface area contributed by atoms with E-state index in [0.29, 0.717) is 10.8 Å². The maximum absolute atomic E-state index is 12.2. The lowest BCUT2D eigenvalue weighted by Crippen LogP contribution is -2.65. The van der Waals surface area contributed by atoms with Gasteiger partial charge in [-0.1, -0.05) is 13.8 Å². The number of ether oxygens (including phenoxy) is 1. The highest BCUT2D eigenvalue weighted by Gasteiger charge is 2.60. The van der Waals surface area contributed by atoms with Crippen LogP contribution >= 0.6 is 0 Å². The van der Waals surface area contributed by atoms with Gasteiger partial charge in [-0.3, -0.25) is 4.79 Å². The second-order valence-electron chi connectivity index (χ2n) is 8.82. The number of rotatable bonds is 4. The second-order valence-corrected chi connectivity index (χ2v) is 8.82. The first-order valence-corrected chi connectivity index (χ1v) is 8.14. The molecule has 114 valence electrons. The molecule has 0 spiro atoms. The summed E-state index contributed by atoms with van der Waals surface area (Å²) in [5, 5.41) is 3.37. The third-order valence-electron chi connectivity index (χ3n) is 5.58. The molecule has 4 bridgehead atoms. The largest absolute Gasteiger partial charge is 0.369 e. The summed E-state index contributed by atoms with van der Waals surface area (Å²) in [5.41, 5.74) is 0.945. The van der Waals surface area contributed by atoms with Gasteiger partial charge in [-0.15, -0.1) is 0 Å². The van der Waals surface area contributed by atoms with Crippen molar-refractivity contribution in [2.75, 3.05) is 6.61 Å². The van der Waals surface area contributed by atoms with Gasteiger partial charge in [-0.25, -0.2) is 0 Å². The van der Waals surface area contributed by atoms with Crippen LogP contribution in [0.4, 0.5) is 0 Å². The van der Waals surface area contributed by atoms with Crippen LogP contribution in [0, 0.1) is 16.7 Å². The van der Waals surface area contributed by atoms with E-state index in [1.54, 1.807) is 0 Å². The molecular formula is C17H29NO2. The maximum atomic E-state index is 12.2. The summed E-state index contributed by atoms with van der Waals surface area (Å²) in [4.78, 5) is 12.2. The van der Waals surface area contributed by atoms with Crippen molar-refractivity contribution in [2.24, 2.45) is 16.7 Å². The van der Waals surface area contributed by atoms with Crippen LogP contribution in [0.1, 0.15) is 66.2 Å². The Morgan fingerprint density at radius 3 is 2.25 bits per heavy atom. The summed E-state index contributed by atoms with van der Waals surface area (Å²) in [7, 11) is 0. The first-order chi connectivity index (χ1) is 9.22. The van der Waals surface area contributed by atoms with Gasteiger partial charge in [0.1, 0.15) is 6.61 Å². The molecule has 2 atom stereocenters. The Bertz CT molecular complexity index is 399. The molecule has 4 aliphatic rings. The number of carbonyl (C=O) groups is 1. The number of carbonyl (C=O) groups excluding carboxylic acids is 1. The standard InChI is InChI=1S/C17H29NO2/c1-12(2)20-8-14(19)18-17-7-13-5-15(3,10-17)9-16(4,6-13)11-17/h12-13H,5-11H2,1-4H3,(H,18,19). The van der Waals surface area contributed by atoms with E-state index in [1.807, 2.05) is 13.8 Å². The average molecular weight is 279 g/mol. The van der Waals surface area contributed by atoms with E-state index in [0.717, 1.165) is 5.92 Å². The first-order valence-electron chi connectivity index (χ1n) is 8.14. The lowest BCUT2D eigenvalue weighted by atomic mass is 9.43. The molecular weight excluding hydrogens is 250 g/mol. The van der Waals surface area contributed by atoms with Crippen LogP contribution in [0.25, 0.3) is 0 Å². The molecule has 4 saturated carbocycles. The van der Waals surface area contributed by atoms with E-state index >= 15 is 0 Å². The normalized spacial score (nSPS) is 46.0. The van der Waals surface area contributed by atoms with Crippen LogP contribution in [0.2, 0.25) is 0 Å². The molecule has 0 radical (unpaired) electrons. The highest BCUT2D eigenvalue weighted by molar-refractivity contribution is 5.78. The summed E-state index contributed by atoms with van der Waals surface area (Å²) >= 11 is 0. The third-order valence-corrected chi connectivity index (χ3v) is 5.58. The molecule has 4 aliphatic carbocycles. The van der Waals surface area contributed by atoms with E-state index in [4.69, 9.17) is 4.74 Å². The molecule has 4 fully saturated rings. The van der Waals surface area contributed by atoms with Crippen LogP contribution in [0.5, 0.6) is 0 Å². The molecule has 0 aliphatic heterocycles. The summed E-state index contributed by atoms with van der Waals surface area (Å²) in [5.74, 6) is 0.889. The molecule has 0 aromatic heterocycles. The summed E-state index contributed by atoms with van der Waals surface area (Å²) in [6, 6.07) is 0. The van der Waals surface area contributed by atoms with E-state index < -0.39 is 0 Å². The molecule has 3 heteroatoms. The Labute approximate surface area is 122 Å². The van der Waals surface area contributed by atoms with Gasteiger partial charge in [0.05, 0.1) is 6.10 Å². The number of hydrogen-bond donors (Lipinski definition) is 1. The fourth-order valence-corrected chi connectivity index (χ4v) is 6.16. The molecule has 1 N–H and O–H groups in total. The minimum atomic E-state index is 0.0559. The summed E-state index contributed by atoms with van der Waals surface area (Å²) in [6.07, 6.45) is 7.71. The van der Waals surface area contributed by atoms with Gasteiger partial charge in [0.25, 0.3) is 0 Å². The Hall–Kier alpha value is -0.570. The molecule has 20 heavy (non-hydrogen) atoms. The predicted octanol–water partition coefficient (Wildman–Crippen LogP) is 3.28. The summed E-state index contributed by atoms with van der Waals surface area (Å²) in [6.45, 7) is 9.01. The van der Waals surface area contributed by atoms with Crippen molar-refractivity contribution in [1.29, 1.82) is 0 Å². The fourth-order valence-electron chi connectivity index (χ4n) is 6.16. The van der Waals surface area contributed by atoms with Gasteiger partial charge < -0.3 is 10.1 Å². The van der Waals surface area contributed by atoms with Gasteiger partial charge in [-0.2, -0.15) is 0 Å². The third kappa shape index (κ3) is 2.61. The predicted molar refractivity (Wildman–Crippen MR) is 79.4 cm³/mol. The van der Waals surface area contributed by atoms with Crippen LogP contribution in [0.15, 0.2) is 0 Å². The van der Waals surface area contributed by atoms with Crippen molar-refractivity contribution in [3.63, 3.8) is 0 Å². The van der Waals surface area contributed by atoms with Crippen LogP contribution in [-0.4, -0.2) is 24.2 Å². The molecule has 2 unspecified atom stereocenters. The quantitative estimate of drug-likeness (QED) is 0.857. The monoisotopic (exact) mass is 279 g/mol. The molecule has 1 amide bonds. The SMILES string of the molecule is CC(C)OCC(=O)NC12CC3CC(C)(CC(C)(C3)C1)C2. The van der Waals surface area contributed by atoms with Gasteiger partial charge in [0, 0.05) is 5.54 Å². The van der Waals surface area contributed by atoms with Gasteiger partial charge in [-0.05, 0) is 69.1 Å². The second kappa shape index (κ2) is 4.46. The number of nitrogens with one attached hydrogen (secondary N) is 1. The smallest absolute Gasteiger partial charge is 0.246 e. The lowest BCUT2D eigenvalue weighted by Gasteiger charge is -2.65. The van der Waals surface area contributed by atoms with Crippen molar-refractivity contribution in [1.82, 2.24) is 5.32 Å². The molecule has 4 rings (SSSR count). The molecule has 0 heterocycles. The maximum Gasteiger partial charge on any atom is 0.246 e. The zero-order chi connectivity index (χ0) is 14.6. The molecule has 3 nitrogen and oxygen atoms in total. The van der Waals surface area contributed by atoms with E-state index in [1.165, 1.54) is 38.5 Å². The van der Waals surface area contributed by atoms with Gasteiger partial charge in [0.15, 0.2) is 0 Å². The van der Waals surface area contributed by atoms with Gasteiger partial charge >= 0.3 is 0 Å². The highest BCUT2D eigenvalue weighted by Crippen LogP contribution is 2.66. The van der Waals surface area contributed by atoms with E-state index in [2.05, 4.69) is 19.2 Å². The molecule has 0 aromatic carbocycles. The highest BCUT2D eigenvalue weighted by atomic mass is 16.5. The van der Waals surface area contributed by atoms with Crippen molar-refractivity contribution < 1.29 is 9.53 Å². The zero-order valence-electron chi connectivity index (χ0n) is 13.4. The molecule has 0 saturated heterocycles. The van der Waals surface area contributed by atoms with Crippen molar-refractivity contribution >= 4 is 5.91 Å². The minimum absolute atomic E-state index is 0.0559. The van der Waals surface area contributed by atoms with Gasteiger partial charge in [0.2, 0.25) is 5.91 Å². The minimum Gasteiger partial charge on any atom is -0.369 e. The van der Waals surface area contributed by atoms with Crippen LogP contribution in [-0.2, 0) is 9.53 Å². The van der Waals surface area contributed by atoms with Crippen LogP contribution < -0.4 is 5.32 Å². The molecule has 0 aromatic rings. The Balaban J connectivity index is 1.71. The number of hydrogen-bond acceptors (Lipinski definition) is 2. The summed E-state index contributed by atoms with van der Waals surface area (Å²) < 4.78 is 5.46. The average Bonchev–Trinajstić information content (AvgIpc) is 2.20.